The lowest BCUT2D eigenvalue weighted by atomic mass is 10.0. The van der Waals surface area contributed by atoms with Crippen LogP contribution in [0.1, 0.15) is 18.0 Å². The van der Waals surface area contributed by atoms with Gasteiger partial charge in [-0.15, -0.1) is 0 Å². The standard InChI is InChI=1S/C12H17N3O3/c13-6-7-14-12(18)15-10(8-11(16)17)9-4-2-1-3-5-9/h1-5,10H,6-8,13H2,(H,16,17)(H2,14,15,18). The first-order valence-electron chi connectivity index (χ1n) is 5.64. The molecule has 5 N–H and O–H groups in total. The van der Waals surface area contributed by atoms with Crippen LogP contribution in [0.3, 0.4) is 0 Å². The van der Waals surface area contributed by atoms with Crippen LogP contribution >= 0.6 is 0 Å². The maximum Gasteiger partial charge on any atom is 0.315 e. The van der Waals surface area contributed by atoms with Gasteiger partial charge in [-0.3, -0.25) is 4.79 Å². The van der Waals surface area contributed by atoms with Crippen molar-refractivity contribution in [2.24, 2.45) is 5.73 Å². The smallest absolute Gasteiger partial charge is 0.315 e. The normalized spacial score (nSPS) is 11.6. The second kappa shape index (κ2) is 7.29. The van der Waals surface area contributed by atoms with Crippen LogP contribution in [0.5, 0.6) is 0 Å². The van der Waals surface area contributed by atoms with E-state index < -0.39 is 18.0 Å². The molecule has 6 heteroatoms. The van der Waals surface area contributed by atoms with E-state index in [0.29, 0.717) is 13.1 Å². The zero-order valence-corrected chi connectivity index (χ0v) is 9.93. The predicted octanol–water partition coefficient (Wildman–Crippen LogP) is 0.460. The molecule has 1 atom stereocenters. The van der Waals surface area contributed by atoms with Gasteiger partial charge in [-0.1, -0.05) is 30.3 Å². The van der Waals surface area contributed by atoms with Crippen LogP contribution in [0, 0.1) is 0 Å². The highest BCUT2D eigenvalue weighted by atomic mass is 16.4. The molecule has 0 spiro atoms. The first-order chi connectivity index (χ1) is 8.63. The number of hydrogen-bond acceptors (Lipinski definition) is 3. The first-order valence-corrected chi connectivity index (χ1v) is 5.64. The summed E-state index contributed by atoms with van der Waals surface area (Å²) in [5, 5.41) is 14.0. The molecule has 1 rings (SSSR count). The van der Waals surface area contributed by atoms with Crippen LogP contribution in [0.2, 0.25) is 0 Å². The Morgan fingerprint density at radius 1 is 1.28 bits per heavy atom. The zero-order valence-electron chi connectivity index (χ0n) is 9.93. The number of rotatable bonds is 6. The average molecular weight is 251 g/mol. The van der Waals surface area contributed by atoms with Crippen LogP contribution in [0.15, 0.2) is 30.3 Å². The summed E-state index contributed by atoms with van der Waals surface area (Å²) < 4.78 is 0. The lowest BCUT2D eigenvalue weighted by Gasteiger charge is -2.17. The number of carboxylic acid groups (broad SMARTS) is 1. The monoisotopic (exact) mass is 251 g/mol. The minimum atomic E-state index is -0.969. The fourth-order valence-electron chi connectivity index (χ4n) is 1.51. The molecule has 0 aromatic heterocycles. The Bertz CT molecular complexity index is 395. The lowest BCUT2D eigenvalue weighted by molar-refractivity contribution is -0.137. The molecule has 0 heterocycles. The molecule has 0 aliphatic rings. The number of carbonyl (C=O) groups is 2. The van der Waals surface area contributed by atoms with Crippen molar-refractivity contribution >= 4 is 12.0 Å². The van der Waals surface area contributed by atoms with E-state index in [1.54, 1.807) is 24.3 Å². The highest BCUT2D eigenvalue weighted by molar-refractivity contribution is 5.76. The molecule has 2 amide bonds. The van der Waals surface area contributed by atoms with Crippen molar-refractivity contribution < 1.29 is 14.7 Å². The molecule has 0 radical (unpaired) electrons. The quantitative estimate of drug-likeness (QED) is 0.589. The molecule has 0 saturated carbocycles. The van der Waals surface area contributed by atoms with Crippen molar-refractivity contribution in [2.75, 3.05) is 13.1 Å². The van der Waals surface area contributed by atoms with Gasteiger partial charge < -0.3 is 21.5 Å². The van der Waals surface area contributed by atoms with E-state index >= 15 is 0 Å². The molecule has 1 aromatic carbocycles. The maximum absolute atomic E-state index is 11.5. The van der Waals surface area contributed by atoms with E-state index in [1.807, 2.05) is 6.07 Å². The predicted molar refractivity (Wildman–Crippen MR) is 67.0 cm³/mol. The van der Waals surface area contributed by atoms with E-state index in [-0.39, 0.29) is 6.42 Å². The lowest BCUT2D eigenvalue weighted by Crippen LogP contribution is -2.40. The summed E-state index contributed by atoms with van der Waals surface area (Å²) in [4.78, 5) is 22.3. The fourth-order valence-corrected chi connectivity index (χ4v) is 1.51. The maximum atomic E-state index is 11.5. The summed E-state index contributed by atoms with van der Waals surface area (Å²) >= 11 is 0. The van der Waals surface area contributed by atoms with Gasteiger partial charge in [-0.05, 0) is 5.56 Å². The minimum absolute atomic E-state index is 0.167. The molecule has 0 fully saturated rings. The third kappa shape index (κ3) is 4.84. The highest BCUT2D eigenvalue weighted by Crippen LogP contribution is 2.16. The van der Waals surface area contributed by atoms with E-state index in [4.69, 9.17) is 10.8 Å². The van der Waals surface area contributed by atoms with Crippen LogP contribution < -0.4 is 16.4 Å². The molecule has 0 saturated heterocycles. The van der Waals surface area contributed by atoms with Crippen LogP contribution in [0.25, 0.3) is 0 Å². The van der Waals surface area contributed by atoms with Crippen molar-refractivity contribution in [3.8, 4) is 0 Å². The second-order valence-corrected chi connectivity index (χ2v) is 3.75. The molecule has 0 bridgehead atoms. The van der Waals surface area contributed by atoms with E-state index in [0.717, 1.165) is 5.56 Å². The van der Waals surface area contributed by atoms with E-state index in [9.17, 15) is 9.59 Å². The summed E-state index contributed by atoms with van der Waals surface area (Å²) in [6.07, 6.45) is -0.167. The molecule has 0 aliphatic carbocycles. The summed E-state index contributed by atoms with van der Waals surface area (Å²) in [5.74, 6) is -0.969. The number of carbonyl (C=O) groups excluding carboxylic acids is 1. The summed E-state index contributed by atoms with van der Waals surface area (Å²) in [6, 6.07) is 7.99. The molecular weight excluding hydrogens is 234 g/mol. The Morgan fingerprint density at radius 3 is 2.50 bits per heavy atom. The molecular formula is C12H17N3O3. The second-order valence-electron chi connectivity index (χ2n) is 3.75. The Hall–Kier alpha value is -2.08. The van der Waals surface area contributed by atoms with Crippen molar-refractivity contribution in [3.63, 3.8) is 0 Å². The third-order valence-corrected chi connectivity index (χ3v) is 2.32. The number of benzene rings is 1. The van der Waals surface area contributed by atoms with Gasteiger partial charge in [0.1, 0.15) is 0 Å². The van der Waals surface area contributed by atoms with Crippen molar-refractivity contribution in [3.05, 3.63) is 35.9 Å². The van der Waals surface area contributed by atoms with Crippen LogP contribution in [-0.4, -0.2) is 30.2 Å². The largest absolute Gasteiger partial charge is 0.481 e. The molecule has 98 valence electrons. The molecule has 1 unspecified atom stereocenters. The van der Waals surface area contributed by atoms with Gasteiger partial charge in [-0.2, -0.15) is 0 Å². The molecule has 1 aromatic rings. The summed E-state index contributed by atoms with van der Waals surface area (Å²) in [5.41, 5.74) is 6.02. The Morgan fingerprint density at radius 2 is 1.94 bits per heavy atom. The highest BCUT2D eigenvalue weighted by Gasteiger charge is 2.17. The molecule has 18 heavy (non-hydrogen) atoms. The van der Waals surface area contributed by atoms with E-state index in [1.165, 1.54) is 0 Å². The first kappa shape index (κ1) is 14.0. The Kier molecular flexibility index (Phi) is 5.66. The van der Waals surface area contributed by atoms with Gasteiger partial charge in [-0.25, -0.2) is 4.79 Å². The van der Waals surface area contributed by atoms with Gasteiger partial charge in [0.15, 0.2) is 0 Å². The summed E-state index contributed by atoms with van der Waals surface area (Å²) in [6.45, 7) is 0.683. The number of aliphatic carboxylic acids is 1. The van der Waals surface area contributed by atoms with Crippen LogP contribution in [0.4, 0.5) is 4.79 Å². The zero-order chi connectivity index (χ0) is 13.4. The Balaban J connectivity index is 2.67. The number of nitrogens with two attached hydrogens (primary N) is 1. The number of carboxylic acids is 1. The fraction of sp³-hybridized carbons (Fsp3) is 0.333. The van der Waals surface area contributed by atoms with Gasteiger partial charge in [0.05, 0.1) is 12.5 Å². The minimum Gasteiger partial charge on any atom is -0.481 e. The van der Waals surface area contributed by atoms with Crippen molar-refractivity contribution in [2.45, 2.75) is 12.5 Å². The van der Waals surface area contributed by atoms with E-state index in [2.05, 4.69) is 10.6 Å². The molecule has 0 aliphatic heterocycles. The summed E-state index contributed by atoms with van der Waals surface area (Å²) in [7, 11) is 0. The number of urea groups is 1. The van der Waals surface area contributed by atoms with Gasteiger partial charge in [0.25, 0.3) is 0 Å². The van der Waals surface area contributed by atoms with Crippen LogP contribution in [-0.2, 0) is 4.79 Å². The average Bonchev–Trinajstić information content (AvgIpc) is 2.36. The SMILES string of the molecule is NCCNC(=O)NC(CC(=O)O)c1ccccc1. The van der Waals surface area contributed by atoms with Gasteiger partial charge >= 0.3 is 12.0 Å². The molecule has 6 nitrogen and oxygen atoms in total. The number of hydrogen-bond donors (Lipinski definition) is 4. The number of nitrogens with one attached hydrogen (secondary N) is 2. The van der Waals surface area contributed by atoms with Gasteiger partial charge in [0, 0.05) is 13.1 Å². The third-order valence-electron chi connectivity index (χ3n) is 2.32. The number of amides is 2. The van der Waals surface area contributed by atoms with Crippen molar-refractivity contribution in [1.29, 1.82) is 0 Å². The van der Waals surface area contributed by atoms with Crippen molar-refractivity contribution in [1.82, 2.24) is 10.6 Å². The topological polar surface area (TPSA) is 104 Å². The Labute approximate surface area is 105 Å². The van der Waals surface area contributed by atoms with Gasteiger partial charge in [0.2, 0.25) is 0 Å².